The molecule has 0 saturated carbocycles. The molecular weight excluding hydrogens is 316 g/mol. The Labute approximate surface area is 147 Å². The van der Waals surface area contributed by atoms with E-state index in [-0.39, 0.29) is 18.4 Å². The highest BCUT2D eigenvalue weighted by atomic mass is 16.2. The molecule has 0 spiro atoms. The second kappa shape index (κ2) is 7.51. The van der Waals surface area contributed by atoms with E-state index in [0.29, 0.717) is 26.1 Å². The molecule has 1 aromatic heterocycles. The third-order valence-corrected chi connectivity index (χ3v) is 4.67. The van der Waals surface area contributed by atoms with Gasteiger partial charge in [0.1, 0.15) is 0 Å². The summed E-state index contributed by atoms with van der Waals surface area (Å²) in [6, 6.07) is 10.2. The molecule has 3 rings (SSSR count). The summed E-state index contributed by atoms with van der Waals surface area (Å²) in [5.74, 6) is -0.0527. The van der Waals surface area contributed by atoms with E-state index in [1.807, 2.05) is 36.7 Å². The molecule has 1 aliphatic heterocycles. The fourth-order valence-corrected chi connectivity index (χ4v) is 3.19. The van der Waals surface area contributed by atoms with Gasteiger partial charge in [0.15, 0.2) is 0 Å². The molecule has 25 heavy (non-hydrogen) atoms. The number of aryl methyl sites for hydroxylation is 1. The lowest BCUT2D eigenvalue weighted by atomic mass is 10.2. The normalized spacial score (nSPS) is 14.2. The third kappa shape index (κ3) is 4.07. The predicted octanol–water partition coefficient (Wildman–Crippen LogP) is 1.79. The number of carbonyl (C=O) groups is 2. The average Bonchev–Trinajstić information content (AvgIpc) is 3.11. The lowest BCUT2D eigenvalue weighted by molar-refractivity contribution is -0.133. The molecule has 2 amide bonds. The quantitative estimate of drug-likeness (QED) is 0.872. The van der Waals surface area contributed by atoms with Crippen molar-refractivity contribution in [2.24, 2.45) is 0 Å². The van der Waals surface area contributed by atoms with Crippen LogP contribution < -0.4 is 5.32 Å². The van der Waals surface area contributed by atoms with Crippen LogP contribution in [0.3, 0.4) is 0 Å². The second-order valence-corrected chi connectivity index (χ2v) is 6.49. The number of nitrogens with zero attached hydrogens (tertiary/aromatic N) is 3. The Bertz CT molecular complexity index is 767. The van der Waals surface area contributed by atoms with E-state index >= 15 is 0 Å². The standard InChI is InChI=1S/C19H24N4O2/c1-14-17(11-20-18(24)13-22-10-6-9-19(22)25)15(2)23(21-14)12-16-7-4-3-5-8-16/h3-5,7-8H,6,9-13H2,1-2H3,(H,20,24). The zero-order valence-electron chi connectivity index (χ0n) is 14.8. The van der Waals surface area contributed by atoms with E-state index in [4.69, 9.17) is 0 Å². The summed E-state index contributed by atoms with van der Waals surface area (Å²) in [6.07, 6.45) is 1.40. The summed E-state index contributed by atoms with van der Waals surface area (Å²) in [5.41, 5.74) is 4.21. The smallest absolute Gasteiger partial charge is 0.239 e. The highest BCUT2D eigenvalue weighted by molar-refractivity contribution is 5.85. The van der Waals surface area contributed by atoms with Gasteiger partial charge in [-0.3, -0.25) is 14.3 Å². The van der Waals surface area contributed by atoms with Crippen LogP contribution in [0.1, 0.15) is 35.4 Å². The Morgan fingerprint density at radius 1 is 1.24 bits per heavy atom. The molecule has 0 aliphatic carbocycles. The summed E-state index contributed by atoms with van der Waals surface area (Å²) in [7, 11) is 0. The topological polar surface area (TPSA) is 67.2 Å². The van der Waals surface area contributed by atoms with E-state index in [9.17, 15) is 9.59 Å². The Hall–Kier alpha value is -2.63. The summed E-state index contributed by atoms with van der Waals surface area (Å²) >= 11 is 0. The number of nitrogens with one attached hydrogen (secondary N) is 1. The second-order valence-electron chi connectivity index (χ2n) is 6.49. The van der Waals surface area contributed by atoms with Gasteiger partial charge >= 0.3 is 0 Å². The molecule has 0 atom stereocenters. The molecule has 132 valence electrons. The van der Waals surface area contributed by atoms with Crippen molar-refractivity contribution in [3.8, 4) is 0 Å². The van der Waals surface area contributed by atoms with Crippen molar-refractivity contribution in [1.82, 2.24) is 20.0 Å². The number of carbonyl (C=O) groups excluding carboxylic acids is 2. The Kier molecular flexibility index (Phi) is 5.16. The van der Waals surface area contributed by atoms with E-state index < -0.39 is 0 Å². The SMILES string of the molecule is Cc1nn(Cc2ccccc2)c(C)c1CNC(=O)CN1CCCC1=O. The van der Waals surface area contributed by atoms with Crippen molar-refractivity contribution in [2.75, 3.05) is 13.1 Å². The molecule has 1 fully saturated rings. The Morgan fingerprint density at radius 2 is 2.00 bits per heavy atom. The van der Waals surface area contributed by atoms with Gasteiger partial charge in [0.2, 0.25) is 11.8 Å². The van der Waals surface area contributed by atoms with Crippen LogP contribution in [0.4, 0.5) is 0 Å². The summed E-state index contributed by atoms with van der Waals surface area (Å²) < 4.78 is 1.97. The van der Waals surface area contributed by atoms with Crippen molar-refractivity contribution in [2.45, 2.75) is 39.8 Å². The van der Waals surface area contributed by atoms with Gasteiger partial charge in [-0.2, -0.15) is 5.10 Å². The summed E-state index contributed by atoms with van der Waals surface area (Å²) in [4.78, 5) is 25.3. The summed E-state index contributed by atoms with van der Waals surface area (Å²) in [6.45, 7) is 5.96. The first-order valence-corrected chi connectivity index (χ1v) is 8.66. The molecule has 1 aromatic carbocycles. The first kappa shape index (κ1) is 17.2. The third-order valence-electron chi connectivity index (χ3n) is 4.67. The van der Waals surface area contributed by atoms with Gasteiger partial charge < -0.3 is 10.2 Å². The minimum atomic E-state index is -0.121. The van der Waals surface area contributed by atoms with Crippen LogP contribution in [0, 0.1) is 13.8 Å². The van der Waals surface area contributed by atoms with Gasteiger partial charge in [0.25, 0.3) is 0 Å². The fourth-order valence-electron chi connectivity index (χ4n) is 3.19. The highest BCUT2D eigenvalue weighted by Crippen LogP contribution is 2.15. The fraction of sp³-hybridized carbons (Fsp3) is 0.421. The zero-order chi connectivity index (χ0) is 17.8. The number of aromatic nitrogens is 2. The molecule has 6 nitrogen and oxygen atoms in total. The van der Waals surface area contributed by atoms with Gasteiger partial charge in [-0.05, 0) is 25.8 Å². The Morgan fingerprint density at radius 3 is 2.68 bits per heavy atom. The number of hydrogen-bond acceptors (Lipinski definition) is 3. The minimum Gasteiger partial charge on any atom is -0.350 e. The maximum absolute atomic E-state index is 12.1. The molecule has 0 radical (unpaired) electrons. The molecule has 2 aromatic rings. The first-order chi connectivity index (χ1) is 12.0. The first-order valence-electron chi connectivity index (χ1n) is 8.66. The number of hydrogen-bond donors (Lipinski definition) is 1. The molecule has 0 bridgehead atoms. The van der Waals surface area contributed by atoms with Crippen LogP contribution in [0.5, 0.6) is 0 Å². The largest absolute Gasteiger partial charge is 0.350 e. The van der Waals surface area contributed by atoms with Crippen LogP contribution in [-0.2, 0) is 22.7 Å². The van der Waals surface area contributed by atoms with Gasteiger partial charge in [-0.25, -0.2) is 0 Å². The number of benzene rings is 1. The zero-order valence-corrected chi connectivity index (χ0v) is 14.8. The average molecular weight is 340 g/mol. The van der Waals surface area contributed by atoms with Crippen LogP contribution in [-0.4, -0.2) is 39.6 Å². The highest BCUT2D eigenvalue weighted by Gasteiger charge is 2.22. The molecular formula is C19H24N4O2. The van der Waals surface area contributed by atoms with Crippen LogP contribution >= 0.6 is 0 Å². The monoisotopic (exact) mass is 340 g/mol. The number of rotatable bonds is 6. The molecule has 1 saturated heterocycles. The maximum Gasteiger partial charge on any atom is 0.239 e. The molecule has 1 N–H and O–H groups in total. The van der Waals surface area contributed by atoms with Gasteiger partial charge in [0.05, 0.1) is 18.8 Å². The number of amides is 2. The maximum atomic E-state index is 12.1. The van der Waals surface area contributed by atoms with Crippen molar-refractivity contribution in [1.29, 1.82) is 0 Å². The van der Waals surface area contributed by atoms with E-state index in [2.05, 4.69) is 22.5 Å². The van der Waals surface area contributed by atoms with Crippen LogP contribution in [0.2, 0.25) is 0 Å². The molecule has 0 unspecified atom stereocenters. The van der Waals surface area contributed by atoms with Crippen LogP contribution in [0.15, 0.2) is 30.3 Å². The molecule has 1 aliphatic rings. The van der Waals surface area contributed by atoms with Crippen molar-refractivity contribution in [3.63, 3.8) is 0 Å². The van der Waals surface area contributed by atoms with E-state index in [1.165, 1.54) is 5.56 Å². The lowest BCUT2D eigenvalue weighted by Crippen LogP contribution is -2.37. The Balaban J connectivity index is 1.61. The van der Waals surface area contributed by atoms with Gasteiger partial charge in [-0.1, -0.05) is 30.3 Å². The molecule has 2 heterocycles. The molecule has 6 heteroatoms. The lowest BCUT2D eigenvalue weighted by Gasteiger charge is -2.15. The van der Waals surface area contributed by atoms with Crippen molar-refractivity contribution in [3.05, 3.63) is 52.8 Å². The van der Waals surface area contributed by atoms with Crippen molar-refractivity contribution < 1.29 is 9.59 Å². The van der Waals surface area contributed by atoms with Crippen LogP contribution in [0.25, 0.3) is 0 Å². The van der Waals surface area contributed by atoms with Crippen molar-refractivity contribution >= 4 is 11.8 Å². The van der Waals surface area contributed by atoms with E-state index in [1.54, 1.807) is 4.90 Å². The van der Waals surface area contributed by atoms with E-state index in [0.717, 1.165) is 23.4 Å². The van der Waals surface area contributed by atoms with Gasteiger partial charge in [0, 0.05) is 30.8 Å². The minimum absolute atomic E-state index is 0.0678. The van der Waals surface area contributed by atoms with Gasteiger partial charge in [-0.15, -0.1) is 0 Å². The number of likely N-dealkylation sites (tertiary alicyclic amines) is 1. The predicted molar refractivity (Wildman–Crippen MR) is 94.9 cm³/mol. The summed E-state index contributed by atoms with van der Waals surface area (Å²) in [5, 5.41) is 7.52.